The first kappa shape index (κ1) is 15.7. The van der Waals surface area contributed by atoms with Crippen LogP contribution in [0.5, 0.6) is 0 Å². The number of pyridine rings is 1. The first-order chi connectivity index (χ1) is 5.72. The molecule has 0 amide bonds. The summed E-state index contributed by atoms with van der Waals surface area (Å²) < 4.78 is 3.19. The fraction of sp³-hybridized carbons (Fsp3) is 0.375. The Labute approximate surface area is 99.4 Å². The Bertz CT molecular complexity index is 197. The molecule has 0 aliphatic rings. The van der Waals surface area contributed by atoms with E-state index in [1.54, 1.807) is 0 Å². The van der Waals surface area contributed by atoms with E-state index in [0.717, 1.165) is 0 Å². The van der Waals surface area contributed by atoms with E-state index in [9.17, 15) is 0 Å². The second-order valence-electron chi connectivity index (χ2n) is 2.49. The number of nitrogens with zero attached hydrogens (tertiary/aromatic N) is 1. The van der Waals surface area contributed by atoms with E-state index in [-0.39, 0.29) is 17.1 Å². The summed E-state index contributed by atoms with van der Waals surface area (Å²) in [5, 5.41) is 0. The van der Waals surface area contributed by atoms with Gasteiger partial charge in [0, 0.05) is 29.5 Å². The minimum atomic E-state index is 0. The number of rotatable bonds is 1. The minimum absolute atomic E-state index is 0. The topological polar surface area (TPSA) is 22.1 Å². The molecule has 5 heteroatoms. The third-order valence-electron chi connectivity index (χ3n) is 1.37. The van der Waals surface area contributed by atoms with Crippen LogP contribution in [0.1, 0.15) is 25.3 Å². The second kappa shape index (κ2) is 10.3. The molecule has 2 radical (unpaired) electrons. The van der Waals surface area contributed by atoms with Gasteiger partial charge in [-0.2, -0.15) is 3.84 Å². The van der Waals surface area contributed by atoms with E-state index >= 15 is 0 Å². The monoisotopic (exact) mass is 287 g/mol. The summed E-state index contributed by atoms with van der Waals surface area (Å²) in [6.07, 6.45) is 3.66. The minimum Gasteiger partial charge on any atom is -0.265 e. The van der Waals surface area contributed by atoms with E-state index in [2.05, 4.69) is 46.4 Å². The van der Waals surface area contributed by atoms with Crippen molar-refractivity contribution in [3.63, 3.8) is 0 Å². The zero-order valence-electron chi connectivity index (χ0n) is 7.41. The van der Waals surface area contributed by atoms with E-state index in [4.69, 9.17) is 0 Å². The molecule has 74 valence electrons. The van der Waals surface area contributed by atoms with Gasteiger partial charge in [-0.15, -0.1) is 0 Å². The molecule has 1 rings (SSSR count). The fourth-order valence-corrected chi connectivity index (χ4v) is 0.748. The fourth-order valence-electron chi connectivity index (χ4n) is 0.748. The molecular weight excluding hydrogens is 276 g/mol. The number of aromatic nitrogens is 1. The molecule has 0 unspecified atom stereocenters. The molecule has 0 saturated carbocycles. The number of hydrogen-bond acceptors (Lipinski definition) is 2. The van der Waals surface area contributed by atoms with Gasteiger partial charge in [-0.25, -0.2) is 0 Å². The predicted octanol–water partition coefficient (Wildman–Crippen LogP) is 3.13. The van der Waals surface area contributed by atoms with Gasteiger partial charge in [0.25, 0.3) is 0 Å². The maximum Gasteiger partial charge on any atom is 0.0832 e. The maximum atomic E-state index is 4.26. The smallest absolute Gasteiger partial charge is 0.0832 e. The van der Waals surface area contributed by atoms with Crippen LogP contribution in [0.15, 0.2) is 24.5 Å². The first-order valence-electron chi connectivity index (χ1n) is 3.51. The molecule has 0 saturated heterocycles. The normalized spacial score (nSPS) is 8.38. The summed E-state index contributed by atoms with van der Waals surface area (Å²) in [5.41, 5.74) is 1.35. The summed E-state index contributed by atoms with van der Waals surface area (Å²) in [4.78, 5) is 3.93. The molecule has 0 fully saturated rings. The molecule has 1 heterocycles. The van der Waals surface area contributed by atoms with Gasteiger partial charge >= 0.3 is 0 Å². The van der Waals surface area contributed by atoms with Crippen LogP contribution in [-0.4, -0.2) is 22.1 Å². The van der Waals surface area contributed by atoms with Crippen molar-refractivity contribution < 1.29 is 3.84 Å². The molecule has 1 aromatic heterocycles. The molecule has 0 aliphatic heterocycles. The molecule has 2 nitrogen and oxygen atoms in total. The predicted molar refractivity (Wildman–Crippen MR) is 56.9 cm³/mol. The zero-order chi connectivity index (χ0) is 9.40. The van der Waals surface area contributed by atoms with Gasteiger partial charge in [0.1, 0.15) is 0 Å². The molecular formula is C8H11Cl2NOSe. The summed E-state index contributed by atoms with van der Waals surface area (Å²) in [6, 6.07) is 4.09. The maximum absolute atomic E-state index is 4.26. The van der Waals surface area contributed by atoms with Gasteiger partial charge in [-0.05, 0) is 23.6 Å². The summed E-state index contributed by atoms with van der Waals surface area (Å²) in [7, 11) is 0. The van der Waals surface area contributed by atoms with Crippen LogP contribution in [0.3, 0.4) is 0 Å². The van der Waals surface area contributed by atoms with Crippen LogP contribution >= 0.6 is 23.7 Å². The molecule has 0 atom stereocenters. The molecule has 0 aromatic carbocycles. The Balaban J connectivity index is 0. The Morgan fingerprint density at radius 1 is 1.23 bits per heavy atom. The van der Waals surface area contributed by atoms with Crippen LogP contribution in [0, 0.1) is 0 Å². The van der Waals surface area contributed by atoms with Gasteiger partial charge in [-0.3, -0.25) is 4.98 Å². The molecule has 0 spiro atoms. The van der Waals surface area contributed by atoms with Crippen molar-refractivity contribution in [1.82, 2.24) is 4.98 Å². The molecule has 0 N–H and O–H groups in total. The Hall–Kier alpha value is 0.209. The Morgan fingerprint density at radius 3 is 1.85 bits per heavy atom. The van der Waals surface area contributed by atoms with Gasteiger partial charge in [-0.1, -0.05) is 13.8 Å². The summed E-state index contributed by atoms with van der Waals surface area (Å²) in [6.45, 7) is 4.35. The van der Waals surface area contributed by atoms with Crippen LogP contribution in [0.25, 0.3) is 0 Å². The van der Waals surface area contributed by atoms with Crippen molar-refractivity contribution in [3.05, 3.63) is 30.1 Å². The van der Waals surface area contributed by atoms with Crippen molar-refractivity contribution in [2.24, 2.45) is 0 Å². The van der Waals surface area contributed by atoms with E-state index in [0.29, 0.717) is 5.92 Å². The second-order valence-corrected chi connectivity index (χ2v) is 2.96. The SMILES string of the molecule is CC(C)c1ccncc1.ClOCl.[Se]. The van der Waals surface area contributed by atoms with Gasteiger partial charge in [0.2, 0.25) is 0 Å². The number of hydrogen-bond donors (Lipinski definition) is 0. The quantitative estimate of drug-likeness (QED) is 0.740. The van der Waals surface area contributed by atoms with E-state index < -0.39 is 0 Å². The van der Waals surface area contributed by atoms with Crippen LogP contribution in [-0.2, 0) is 3.84 Å². The molecule has 0 aliphatic carbocycles. The van der Waals surface area contributed by atoms with Gasteiger partial charge in [0.15, 0.2) is 0 Å². The van der Waals surface area contributed by atoms with Crippen LogP contribution < -0.4 is 0 Å². The van der Waals surface area contributed by atoms with Crippen molar-refractivity contribution in [3.8, 4) is 0 Å². The summed E-state index contributed by atoms with van der Waals surface area (Å²) >= 11 is 8.53. The van der Waals surface area contributed by atoms with Crippen molar-refractivity contribution in [2.45, 2.75) is 19.8 Å². The van der Waals surface area contributed by atoms with E-state index in [1.165, 1.54) is 5.56 Å². The Morgan fingerprint density at radius 2 is 1.62 bits per heavy atom. The molecule has 0 bridgehead atoms. The van der Waals surface area contributed by atoms with Crippen LogP contribution in [0.2, 0.25) is 0 Å². The molecule has 1 aromatic rings. The summed E-state index contributed by atoms with van der Waals surface area (Å²) in [5.74, 6) is 0.619. The van der Waals surface area contributed by atoms with Crippen molar-refractivity contribution in [1.29, 1.82) is 0 Å². The molecule has 13 heavy (non-hydrogen) atoms. The van der Waals surface area contributed by atoms with Crippen LogP contribution in [0.4, 0.5) is 0 Å². The third kappa shape index (κ3) is 8.54. The van der Waals surface area contributed by atoms with Crippen molar-refractivity contribution >= 4 is 40.8 Å². The Kier molecular flexibility index (Phi) is 12.4. The zero-order valence-corrected chi connectivity index (χ0v) is 10.6. The largest absolute Gasteiger partial charge is 0.265 e. The average molecular weight is 287 g/mol. The first-order valence-corrected chi connectivity index (χ1v) is 4.13. The third-order valence-corrected chi connectivity index (χ3v) is 1.37. The van der Waals surface area contributed by atoms with E-state index in [1.807, 2.05) is 24.5 Å². The van der Waals surface area contributed by atoms with Crippen molar-refractivity contribution in [2.75, 3.05) is 0 Å². The average Bonchev–Trinajstić information content (AvgIpc) is 2.07. The van der Waals surface area contributed by atoms with Gasteiger partial charge < -0.3 is 0 Å². The standard InChI is InChI=1S/C8H11N.Cl2O.Se/c1-7(2)8-3-5-9-6-4-8;1-3-2;/h3-7H,1-2H3;;. The van der Waals surface area contributed by atoms with Gasteiger partial charge in [0.05, 0.1) is 23.7 Å². The number of halogens is 2.